The fraction of sp³-hybridized carbons (Fsp3) is 0.182. The Kier molecular flexibility index (Phi) is 2.78. The number of nitrogens with zero attached hydrogens (tertiary/aromatic N) is 3. The first kappa shape index (κ1) is 11.1. The molecule has 6 heteroatoms. The molecule has 0 bridgehead atoms. The summed E-state index contributed by atoms with van der Waals surface area (Å²) < 4.78 is 2.91. The van der Waals surface area contributed by atoms with Gasteiger partial charge in [0.15, 0.2) is 0 Å². The lowest BCUT2D eigenvalue weighted by atomic mass is 10.3. The maximum Gasteiger partial charge on any atom is 0.354 e. The molecule has 6 nitrogen and oxygen atoms in total. The summed E-state index contributed by atoms with van der Waals surface area (Å²) in [4.78, 5) is 26.3. The van der Waals surface area contributed by atoms with Gasteiger partial charge in [-0.3, -0.25) is 4.57 Å². The van der Waals surface area contributed by atoms with Crippen LogP contribution < -0.4 is 5.69 Å². The first-order valence-corrected chi connectivity index (χ1v) is 4.99. The summed E-state index contributed by atoms with van der Waals surface area (Å²) >= 11 is 0. The van der Waals surface area contributed by atoms with Crippen LogP contribution in [-0.2, 0) is 13.6 Å². The number of carboxylic acids is 1. The monoisotopic (exact) mass is 233 g/mol. The van der Waals surface area contributed by atoms with Gasteiger partial charge in [0.25, 0.3) is 0 Å². The standard InChI is InChI=1S/C11H11N3O3/c1-13-5-6-14(11(13)17)7-8-3-2-4-9(12-8)10(15)16/h2-6H,7H2,1H3,(H,15,16). The van der Waals surface area contributed by atoms with Gasteiger partial charge in [0, 0.05) is 19.4 Å². The highest BCUT2D eigenvalue weighted by Crippen LogP contribution is 2.01. The fourth-order valence-electron chi connectivity index (χ4n) is 1.49. The van der Waals surface area contributed by atoms with Gasteiger partial charge in [0.2, 0.25) is 0 Å². The number of aryl methyl sites for hydroxylation is 1. The smallest absolute Gasteiger partial charge is 0.354 e. The van der Waals surface area contributed by atoms with Crippen molar-refractivity contribution in [2.75, 3.05) is 0 Å². The number of carboxylic acid groups (broad SMARTS) is 1. The van der Waals surface area contributed by atoms with Crippen molar-refractivity contribution >= 4 is 5.97 Å². The Morgan fingerprint density at radius 2 is 2.18 bits per heavy atom. The van der Waals surface area contributed by atoms with Crippen LogP contribution in [0.5, 0.6) is 0 Å². The third-order valence-corrected chi connectivity index (χ3v) is 2.38. The van der Waals surface area contributed by atoms with E-state index in [1.807, 2.05) is 0 Å². The Morgan fingerprint density at radius 3 is 2.76 bits per heavy atom. The van der Waals surface area contributed by atoms with E-state index in [4.69, 9.17) is 5.11 Å². The number of aromatic carboxylic acids is 1. The van der Waals surface area contributed by atoms with E-state index >= 15 is 0 Å². The lowest BCUT2D eigenvalue weighted by molar-refractivity contribution is 0.0690. The molecule has 0 saturated carbocycles. The van der Waals surface area contributed by atoms with Crippen molar-refractivity contribution in [2.24, 2.45) is 7.05 Å². The number of rotatable bonds is 3. The molecule has 2 aromatic rings. The quantitative estimate of drug-likeness (QED) is 0.828. The van der Waals surface area contributed by atoms with Crippen LogP contribution in [0.2, 0.25) is 0 Å². The van der Waals surface area contributed by atoms with Gasteiger partial charge in [-0.25, -0.2) is 14.6 Å². The number of pyridine rings is 1. The van der Waals surface area contributed by atoms with E-state index in [1.54, 1.807) is 31.6 Å². The highest BCUT2D eigenvalue weighted by molar-refractivity contribution is 5.85. The molecular weight excluding hydrogens is 222 g/mol. The van der Waals surface area contributed by atoms with Crippen LogP contribution >= 0.6 is 0 Å². The number of carbonyl (C=O) groups is 1. The normalized spacial score (nSPS) is 10.4. The molecule has 0 unspecified atom stereocenters. The Labute approximate surface area is 96.8 Å². The van der Waals surface area contributed by atoms with Crippen molar-refractivity contribution in [1.29, 1.82) is 0 Å². The van der Waals surface area contributed by atoms with Crippen LogP contribution in [-0.4, -0.2) is 25.2 Å². The zero-order chi connectivity index (χ0) is 12.4. The van der Waals surface area contributed by atoms with Gasteiger partial charge < -0.3 is 9.67 Å². The summed E-state index contributed by atoms with van der Waals surface area (Å²) in [6.07, 6.45) is 3.28. The van der Waals surface area contributed by atoms with Gasteiger partial charge in [-0.2, -0.15) is 0 Å². The predicted molar refractivity (Wildman–Crippen MR) is 60.0 cm³/mol. The summed E-state index contributed by atoms with van der Waals surface area (Å²) in [5, 5.41) is 8.80. The molecule has 0 atom stereocenters. The average molecular weight is 233 g/mol. The number of imidazole rings is 1. The summed E-state index contributed by atoms with van der Waals surface area (Å²) in [5.41, 5.74) is 0.359. The van der Waals surface area contributed by atoms with Crippen LogP contribution in [0.15, 0.2) is 35.4 Å². The van der Waals surface area contributed by atoms with E-state index in [0.29, 0.717) is 5.69 Å². The molecule has 0 saturated heterocycles. The maximum atomic E-state index is 11.6. The largest absolute Gasteiger partial charge is 0.477 e. The van der Waals surface area contributed by atoms with Crippen LogP contribution in [0.25, 0.3) is 0 Å². The Morgan fingerprint density at radius 1 is 1.41 bits per heavy atom. The molecule has 0 aliphatic rings. The molecule has 0 aliphatic heterocycles. The molecule has 2 rings (SSSR count). The summed E-state index contributed by atoms with van der Waals surface area (Å²) in [5.74, 6) is -1.08. The Balaban J connectivity index is 2.30. The van der Waals surface area contributed by atoms with E-state index in [-0.39, 0.29) is 17.9 Å². The molecule has 88 valence electrons. The molecular formula is C11H11N3O3. The third-order valence-electron chi connectivity index (χ3n) is 2.38. The van der Waals surface area contributed by atoms with Gasteiger partial charge in [0.1, 0.15) is 5.69 Å². The molecule has 0 amide bonds. The Hall–Kier alpha value is -2.37. The minimum atomic E-state index is -1.08. The molecule has 2 heterocycles. The van der Waals surface area contributed by atoms with Gasteiger partial charge >= 0.3 is 11.7 Å². The first-order valence-electron chi connectivity index (χ1n) is 4.99. The van der Waals surface area contributed by atoms with E-state index in [9.17, 15) is 9.59 Å². The lowest BCUT2D eigenvalue weighted by Crippen LogP contribution is -2.22. The van der Waals surface area contributed by atoms with Crippen molar-refractivity contribution < 1.29 is 9.90 Å². The summed E-state index contributed by atoms with van der Waals surface area (Å²) in [6.45, 7) is 0.265. The van der Waals surface area contributed by atoms with Crippen LogP contribution in [0.4, 0.5) is 0 Å². The van der Waals surface area contributed by atoms with Crippen molar-refractivity contribution in [3.63, 3.8) is 0 Å². The van der Waals surface area contributed by atoms with Gasteiger partial charge in [-0.15, -0.1) is 0 Å². The highest BCUT2D eigenvalue weighted by atomic mass is 16.4. The topological polar surface area (TPSA) is 77.1 Å². The molecule has 0 aromatic carbocycles. The summed E-state index contributed by atoms with van der Waals surface area (Å²) in [6, 6.07) is 4.71. The minimum Gasteiger partial charge on any atom is -0.477 e. The highest BCUT2D eigenvalue weighted by Gasteiger charge is 2.06. The van der Waals surface area contributed by atoms with E-state index in [1.165, 1.54) is 15.2 Å². The van der Waals surface area contributed by atoms with Crippen molar-refractivity contribution in [3.8, 4) is 0 Å². The predicted octanol–water partition coefficient (Wildman–Crippen LogP) is 0.328. The van der Waals surface area contributed by atoms with Crippen LogP contribution in [0.1, 0.15) is 16.2 Å². The zero-order valence-corrected chi connectivity index (χ0v) is 9.20. The van der Waals surface area contributed by atoms with E-state index in [2.05, 4.69) is 4.98 Å². The second-order valence-electron chi connectivity index (χ2n) is 3.64. The van der Waals surface area contributed by atoms with Crippen LogP contribution in [0.3, 0.4) is 0 Å². The molecule has 1 N–H and O–H groups in total. The molecule has 2 aromatic heterocycles. The Bertz CT molecular complexity index is 612. The van der Waals surface area contributed by atoms with Gasteiger partial charge in [0.05, 0.1) is 12.2 Å². The maximum absolute atomic E-state index is 11.6. The SMILES string of the molecule is Cn1ccn(Cc2cccc(C(=O)O)n2)c1=O. The second-order valence-corrected chi connectivity index (χ2v) is 3.64. The van der Waals surface area contributed by atoms with Crippen molar-refractivity contribution in [2.45, 2.75) is 6.54 Å². The first-order chi connectivity index (χ1) is 8.08. The van der Waals surface area contributed by atoms with Gasteiger partial charge in [-0.1, -0.05) is 6.07 Å². The second kappa shape index (κ2) is 4.25. The number of aromatic nitrogens is 3. The molecule has 0 spiro atoms. The minimum absolute atomic E-state index is 0.0218. The van der Waals surface area contributed by atoms with Gasteiger partial charge in [-0.05, 0) is 12.1 Å². The van der Waals surface area contributed by atoms with Crippen LogP contribution in [0, 0.1) is 0 Å². The van der Waals surface area contributed by atoms with E-state index in [0.717, 1.165) is 0 Å². The van der Waals surface area contributed by atoms with E-state index < -0.39 is 5.97 Å². The average Bonchev–Trinajstić information content (AvgIpc) is 2.61. The van der Waals surface area contributed by atoms with Crippen molar-refractivity contribution in [3.05, 3.63) is 52.5 Å². The number of hydrogen-bond donors (Lipinski definition) is 1. The lowest BCUT2D eigenvalue weighted by Gasteiger charge is -2.02. The van der Waals surface area contributed by atoms with Crippen molar-refractivity contribution in [1.82, 2.24) is 14.1 Å². The molecule has 0 radical (unpaired) electrons. The fourth-order valence-corrected chi connectivity index (χ4v) is 1.49. The molecule has 0 aliphatic carbocycles. The summed E-state index contributed by atoms with van der Waals surface area (Å²) in [7, 11) is 1.65. The third kappa shape index (κ3) is 2.25. The molecule has 0 fully saturated rings. The number of hydrogen-bond acceptors (Lipinski definition) is 3. The molecule has 17 heavy (non-hydrogen) atoms. The zero-order valence-electron chi connectivity index (χ0n) is 9.20.